The van der Waals surface area contributed by atoms with Crippen molar-refractivity contribution in [3.05, 3.63) is 0 Å². The fourth-order valence-corrected chi connectivity index (χ4v) is 5.09. The van der Waals surface area contributed by atoms with Crippen LogP contribution in [-0.2, 0) is 4.74 Å². The second-order valence-corrected chi connectivity index (χ2v) is 9.05. The second kappa shape index (κ2) is 11.3. The van der Waals surface area contributed by atoms with Crippen LogP contribution in [0.4, 0.5) is 0 Å². The van der Waals surface area contributed by atoms with Gasteiger partial charge in [0.1, 0.15) is 0 Å². The number of hydrogen-bond donors (Lipinski definition) is 1. The molecule has 5 nitrogen and oxygen atoms in total. The first kappa shape index (κ1) is 22.6. The van der Waals surface area contributed by atoms with Crippen LogP contribution >= 0.6 is 35.7 Å². The Labute approximate surface area is 181 Å². The van der Waals surface area contributed by atoms with Crippen LogP contribution in [0.2, 0.25) is 0 Å². The van der Waals surface area contributed by atoms with E-state index >= 15 is 0 Å². The topological polar surface area (TPSA) is 40.1 Å². The van der Waals surface area contributed by atoms with Gasteiger partial charge < -0.3 is 19.9 Å². The molecule has 3 aliphatic heterocycles. The number of rotatable bonds is 6. The molecular weight excluding hydrogens is 459 g/mol. The van der Waals surface area contributed by atoms with E-state index in [2.05, 4.69) is 28.3 Å². The Bertz CT molecular complexity index is 439. The summed E-state index contributed by atoms with van der Waals surface area (Å²) in [6.07, 6.45) is 8.56. The number of nitrogens with zero attached hydrogens (tertiary/aromatic N) is 3. The van der Waals surface area contributed by atoms with E-state index in [0.29, 0.717) is 0 Å². The van der Waals surface area contributed by atoms with E-state index in [1.807, 2.05) is 11.8 Å². The molecule has 0 radical (unpaired) electrons. The van der Waals surface area contributed by atoms with Gasteiger partial charge in [-0.25, -0.2) is 0 Å². The van der Waals surface area contributed by atoms with Crippen molar-refractivity contribution >= 4 is 41.7 Å². The van der Waals surface area contributed by atoms with E-state index in [1.165, 1.54) is 38.9 Å². The molecule has 0 aromatic heterocycles. The Balaban J connectivity index is 0.00000243. The molecule has 0 aromatic carbocycles. The molecule has 0 spiro atoms. The number of thioether (sulfide) groups is 1. The summed E-state index contributed by atoms with van der Waals surface area (Å²) in [5.41, 5.74) is 0. The maximum Gasteiger partial charge on any atom is 0.193 e. The molecule has 3 fully saturated rings. The molecule has 1 atom stereocenters. The van der Waals surface area contributed by atoms with E-state index in [1.54, 1.807) is 0 Å². The van der Waals surface area contributed by atoms with Gasteiger partial charge in [0.25, 0.3) is 0 Å². The van der Waals surface area contributed by atoms with Crippen molar-refractivity contribution in [3.63, 3.8) is 0 Å². The van der Waals surface area contributed by atoms with E-state index in [-0.39, 0.29) is 28.7 Å². The zero-order valence-electron chi connectivity index (χ0n) is 16.5. The fraction of sp³-hybridized carbons (Fsp3) is 0.947. The number of hydrogen-bond acceptors (Lipinski definition) is 4. The average molecular weight is 497 g/mol. The van der Waals surface area contributed by atoms with Crippen molar-refractivity contribution in [2.24, 2.45) is 10.9 Å². The maximum atomic E-state index is 5.57. The SMILES string of the molecule is CCNC(=NCC1(SC)CCOCC1)N1CCC(CN2CCCC2)C1.I. The summed E-state index contributed by atoms with van der Waals surface area (Å²) in [4.78, 5) is 10.2. The maximum absolute atomic E-state index is 5.57. The van der Waals surface area contributed by atoms with E-state index in [0.717, 1.165) is 64.1 Å². The Morgan fingerprint density at radius 2 is 1.96 bits per heavy atom. The molecule has 3 heterocycles. The first-order valence-electron chi connectivity index (χ1n) is 10.1. The summed E-state index contributed by atoms with van der Waals surface area (Å²) in [5.74, 6) is 1.94. The molecule has 3 rings (SSSR count). The lowest BCUT2D eigenvalue weighted by atomic mass is 9.99. The van der Waals surface area contributed by atoms with Crippen molar-refractivity contribution in [2.45, 2.75) is 43.8 Å². The van der Waals surface area contributed by atoms with Crippen LogP contribution < -0.4 is 5.32 Å². The Kier molecular flexibility index (Phi) is 9.82. The lowest BCUT2D eigenvalue weighted by Crippen LogP contribution is -2.43. The molecular formula is C19H37IN4OS. The molecule has 1 N–H and O–H groups in total. The highest BCUT2D eigenvalue weighted by Gasteiger charge is 2.33. The summed E-state index contributed by atoms with van der Waals surface area (Å²) < 4.78 is 5.84. The Hall–Kier alpha value is 0.270. The third-order valence-electron chi connectivity index (χ3n) is 5.99. The van der Waals surface area contributed by atoms with Gasteiger partial charge in [-0.15, -0.1) is 24.0 Å². The lowest BCUT2D eigenvalue weighted by Gasteiger charge is -2.34. The summed E-state index contributed by atoms with van der Waals surface area (Å²) in [5, 5.41) is 3.54. The second-order valence-electron chi connectivity index (χ2n) is 7.78. The number of nitrogens with one attached hydrogen (secondary N) is 1. The van der Waals surface area contributed by atoms with Crippen LogP contribution in [0, 0.1) is 5.92 Å². The monoisotopic (exact) mass is 496 g/mol. The summed E-state index contributed by atoms with van der Waals surface area (Å²) in [6.45, 7) is 12.0. The molecule has 0 bridgehead atoms. The molecule has 26 heavy (non-hydrogen) atoms. The highest BCUT2D eigenvalue weighted by atomic mass is 127. The third-order valence-corrected chi connectivity index (χ3v) is 7.39. The van der Waals surface area contributed by atoms with Crippen LogP contribution in [0.1, 0.15) is 39.0 Å². The normalized spacial score (nSPS) is 26.8. The first-order valence-corrected chi connectivity index (χ1v) is 11.4. The van der Waals surface area contributed by atoms with Gasteiger partial charge >= 0.3 is 0 Å². The summed E-state index contributed by atoms with van der Waals surface area (Å²) >= 11 is 1.98. The van der Waals surface area contributed by atoms with Crippen LogP contribution in [0.15, 0.2) is 4.99 Å². The molecule has 0 saturated carbocycles. The minimum Gasteiger partial charge on any atom is -0.381 e. The summed E-state index contributed by atoms with van der Waals surface area (Å²) in [6, 6.07) is 0. The third kappa shape index (κ3) is 6.14. The predicted molar refractivity (Wildman–Crippen MR) is 123 cm³/mol. The number of halogens is 1. The molecule has 1 unspecified atom stereocenters. The van der Waals surface area contributed by atoms with Crippen LogP contribution in [-0.4, -0.2) is 85.8 Å². The minimum atomic E-state index is 0. The molecule has 3 saturated heterocycles. The quantitative estimate of drug-likeness (QED) is 0.348. The van der Waals surface area contributed by atoms with Crippen LogP contribution in [0.25, 0.3) is 0 Å². The molecule has 0 amide bonds. The van der Waals surface area contributed by atoms with Crippen molar-refractivity contribution < 1.29 is 4.74 Å². The van der Waals surface area contributed by atoms with E-state index < -0.39 is 0 Å². The largest absolute Gasteiger partial charge is 0.381 e. The fourth-order valence-electron chi connectivity index (χ4n) is 4.32. The van der Waals surface area contributed by atoms with Gasteiger partial charge in [-0.1, -0.05) is 0 Å². The van der Waals surface area contributed by atoms with Gasteiger partial charge in [0, 0.05) is 44.1 Å². The average Bonchev–Trinajstić information content (AvgIpc) is 3.32. The standard InChI is InChI=1S/C19H36N4OS.HI/c1-3-20-18(21-16-19(25-2)7-12-24-13-8-19)23-11-6-17(15-23)14-22-9-4-5-10-22;/h17H,3-16H2,1-2H3,(H,20,21);1H. The van der Waals surface area contributed by atoms with Crippen molar-refractivity contribution in [1.82, 2.24) is 15.1 Å². The van der Waals surface area contributed by atoms with Crippen molar-refractivity contribution in [3.8, 4) is 0 Å². The van der Waals surface area contributed by atoms with Crippen molar-refractivity contribution in [1.29, 1.82) is 0 Å². The van der Waals surface area contributed by atoms with Gasteiger partial charge in [-0.2, -0.15) is 11.8 Å². The molecule has 0 aromatic rings. The highest BCUT2D eigenvalue weighted by molar-refractivity contribution is 14.0. The highest BCUT2D eigenvalue weighted by Crippen LogP contribution is 2.34. The Morgan fingerprint density at radius 1 is 1.23 bits per heavy atom. The van der Waals surface area contributed by atoms with Gasteiger partial charge in [0.15, 0.2) is 5.96 Å². The molecule has 0 aliphatic carbocycles. The first-order chi connectivity index (χ1) is 12.2. The van der Waals surface area contributed by atoms with Gasteiger partial charge in [-0.05, 0) is 64.3 Å². The van der Waals surface area contributed by atoms with Gasteiger partial charge in [-0.3, -0.25) is 4.99 Å². The number of guanidine groups is 1. The smallest absolute Gasteiger partial charge is 0.193 e. The number of ether oxygens (including phenoxy) is 1. The zero-order valence-corrected chi connectivity index (χ0v) is 19.7. The molecule has 152 valence electrons. The van der Waals surface area contributed by atoms with Crippen LogP contribution in [0.3, 0.4) is 0 Å². The van der Waals surface area contributed by atoms with E-state index in [4.69, 9.17) is 9.73 Å². The van der Waals surface area contributed by atoms with Gasteiger partial charge in [0.2, 0.25) is 0 Å². The zero-order chi connectivity index (χ0) is 17.5. The summed E-state index contributed by atoms with van der Waals surface area (Å²) in [7, 11) is 0. The van der Waals surface area contributed by atoms with Gasteiger partial charge in [0.05, 0.1) is 6.54 Å². The Morgan fingerprint density at radius 3 is 2.62 bits per heavy atom. The number of likely N-dealkylation sites (tertiary alicyclic amines) is 2. The molecule has 3 aliphatic rings. The van der Waals surface area contributed by atoms with Crippen LogP contribution in [0.5, 0.6) is 0 Å². The lowest BCUT2D eigenvalue weighted by molar-refractivity contribution is 0.0793. The number of aliphatic imine (C=N–C) groups is 1. The van der Waals surface area contributed by atoms with Crippen molar-refractivity contribution in [2.75, 3.05) is 65.3 Å². The van der Waals surface area contributed by atoms with E-state index in [9.17, 15) is 0 Å². The molecule has 7 heteroatoms. The predicted octanol–water partition coefficient (Wildman–Crippen LogP) is 2.90. The minimum absolute atomic E-state index is 0.